The van der Waals surface area contributed by atoms with Crippen LogP contribution in [-0.2, 0) is 0 Å². The number of nitrogens with one attached hydrogen (secondary N) is 1. The zero-order chi connectivity index (χ0) is 11.0. The van der Waals surface area contributed by atoms with Crippen molar-refractivity contribution in [3.8, 4) is 0 Å². The molecular formula is C13H29N. The summed E-state index contributed by atoms with van der Waals surface area (Å²) in [6, 6.07) is 0.722. The van der Waals surface area contributed by atoms with Gasteiger partial charge in [-0.2, -0.15) is 0 Å². The lowest BCUT2D eigenvalue weighted by Gasteiger charge is -2.23. The van der Waals surface area contributed by atoms with Gasteiger partial charge in [-0.15, -0.1) is 0 Å². The average molecular weight is 199 g/mol. The summed E-state index contributed by atoms with van der Waals surface area (Å²) in [5.74, 6) is 1.67. The topological polar surface area (TPSA) is 12.0 Å². The molecule has 0 spiro atoms. The molecular weight excluding hydrogens is 170 g/mol. The number of hydrogen-bond donors (Lipinski definition) is 1. The van der Waals surface area contributed by atoms with Gasteiger partial charge in [0.1, 0.15) is 0 Å². The van der Waals surface area contributed by atoms with E-state index in [0.29, 0.717) is 0 Å². The van der Waals surface area contributed by atoms with Gasteiger partial charge in [-0.05, 0) is 31.2 Å². The Bertz CT molecular complexity index is 120. The van der Waals surface area contributed by atoms with Crippen LogP contribution in [0.1, 0.15) is 60.3 Å². The molecule has 0 amide bonds. The molecule has 1 N–H and O–H groups in total. The van der Waals surface area contributed by atoms with E-state index < -0.39 is 0 Å². The van der Waals surface area contributed by atoms with Crippen molar-refractivity contribution in [2.45, 2.75) is 66.3 Å². The lowest BCUT2D eigenvalue weighted by molar-refractivity contribution is 0.343. The Hall–Kier alpha value is -0.0400. The summed E-state index contributed by atoms with van der Waals surface area (Å²) in [5.41, 5.74) is 0. The van der Waals surface area contributed by atoms with Crippen molar-refractivity contribution in [3.05, 3.63) is 0 Å². The second kappa shape index (κ2) is 8.28. The van der Waals surface area contributed by atoms with Crippen LogP contribution < -0.4 is 5.32 Å². The molecule has 0 aromatic heterocycles. The van der Waals surface area contributed by atoms with Crippen LogP contribution in [0.15, 0.2) is 0 Å². The van der Waals surface area contributed by atoms with Crippen molar-refractivity contribution >= 4 is 0 Å². The predicted molar refractivity (Wildman–Crippen MR) is 65.6 cm³/mol. The van der Waals surface area contributed by atoms with E-state index in [1.165, 1.54) is 25.7 Å². The molecule has 1 nitrogen and oxygen atoms in total. The van der Waals surface area contributed by atoms with E-state index >= 15 is 0 Å². The first-order chi connectivity index (χ1) is 6.61. The van der Waals surface area contributed by atoms with Crippen molar-refractivity contribution in [3.63, 3.8) is 0 Å². The van der Waals surface area contributed by atoms with Crippen molar-refractivity contribution in [1.82, 2.24) is 5.32 Å². The van der Waals surface area contributed by atoms with Gasteiger partial charge >= 0.3 is 0 Å². The fraction of sp³-hybridized carbons (Fsp3) is 1.00. The highest BCUT2D eigenvalue weighted by Gasteiger charge is 2.12. The molecule has 0 saturated heterocycles. The second-order valence-corrected chi connectivity index (χ2v) is 4.88. The lowest BCUT2D eigenvalue weighted by Crippen LogP contribution is -2.33. The molecule has 0 aliphatic carbocycles. The van der Waals surface area contributed by atoms with Crippen molar-refractivity contribution in [1.29, 1.82) is 0 Å². The molecule has 0 radical (unpaired) electrons. The summed E-state index contributed by atoms with van der Waals surface area (Å²) in [4.78, 5) is 0. The first kappa shape index (κ1) is 14.0. The largest absolute Gasteiger partial charge is 0.314 e. The van der Waals surface area contributed by atoms with Crippen LogP contribution in [0.4, 0.5) is 0 Å². The van der Waals surface area contributed by atoms with E-state index in [-0.39, 0.29) is 0 Å². The third-order valence-electron chi connectivity index (χ3n) is 3.02. The SMILES string of the molecule is CCCC(C)CCC(NCC)C(C)C. The van der Waals surface area contributed by atoms with E-state index in [4.69, 9.17) is 0 Å². The van der Waals surface area contributed by atoms with Gasteiger partial charge in [-0.3, -0.25) is 0 Å². The Kier molecular flexibility index (Phi) is 8.26. The minimum Gasteiger partial charge on any atom is -0.314 e. The molecule has 0 bridgehead atoms. The third-order valence-corrected chi connectivity index (χ3v) is 3.02. The Morgan fingerprint density at radius 2 is 1.57 bits per heavy atom. The molecule has 0 aromatic rings. The van der Waals surface area contributed by atoms with E-state index in [1.807, 2.05) is 0 Å². The first-order valence-electron chi connectivity index (χ1n) is 6.35. The monoisotopic (exact) mass is 199 g/mol. The molecule has 0 aliphatic rings. The van der Waals surface area contributed by atoms with E-state index in [1.54, 1.807) is 0 Å². The van der Waals surface area contributed by atoms with E-state index in [0.717, 1.165) is 24.4 Å². The number of hydrogen-bond acceptors (Lipinski definition) is 1. The van der Waals surface area contributed by atoms with Crippen molar-refractivity contribution < 1.29 is 0 Å². The van der Waals surface area contributed by atoms with Gasteiger partial charge < -0.3 is 5.32 Å². The summed E-state index contributed by atoms with van der Waals surface area (Å²) >= 11 is 0. The molecule has 0 saturated carbocycles. The van der Waals surface area contributed by atoms with Crippen LogP contribution in [0.25, 0.3) is 0 Å². The van der Waals surface area contributed by atoms with Crippen LogP contribution in [0.5, 0.6) is 0 Å². The molecule has 0 fully saturated rings. The van der Waals surface area contributed by atoms with Gasteiger partial charge in [-0.25, -0.2) is 0 Å². The molecule has 0 rings (SSSR count). The summed E-state index contributed by atoms with van der Waals surface area (Å²) in [7, 11) is 0. The van der Waals surface area contributed by atoms with Crippen LogP contribution in [0.2, 0.25) is 0 Å². The summed E-state index contributed by atoms with van der Waals surface area (Å²) < 4.78 is 0. The maximum Gasteiger partial charge on any atom is 0.00900 e. The maximum absolute atomic E-state index is 3.58. The minimum absolute atomic E-state index is 0.722. The second-order valence-electron chi connectivity index (χ2n) is 4.88. The van der Waals surface area contributed by atoms with Crippen LogP contribution in [0.3, 0.4) is 0 Å². The highest BCUT2D eigenvalue weighted by molar-refractivity contribution is 4.70. The van der Waals surface area contributed by atoms with E-state index in [2.05, 4.69) is 39.9 Å². The zero-order valence-electron chi connectivity index (χ0n) is 10.8. The normalized spacial score (nSPS) is 15.9. The highest BCUT2D eigenvalue weighted by atomic mass is 14.9. The predicted octanol–water partition coefficient (Wildman–Crippen LogP) is 3.84. The maximum atomic E-state index is 3.58. The summed E-state index contributed by atoms with van der Waals surface area (Å²) in [6.07, 6.45) is 5.43. The van der Waals surface area contributed by atoms with E-state index in [9.17, 15) is 0 Å². The van der Waals surface area contributed by atoms with Gasteiger partial charge in [0.25, 0.3) is 0 Å². The molecule has 1 heteroatoms. The smallest absolute Gasteiger partial charge is 0.00900 e. The zero-order valence-corrected chi connectivity index (χ0v) is 10.8. The fourth-order valence-corrected chi connectivity index (χ4v) is 2.03. The Balaban J connectivity index is 3.69. The van der Waals surface area contributed by atoms with Crippen LogP contribution in [0, 0.1) is 11.8 Å². The van der Waals surface area contributed by atoms with Gasteiger partial charge in [0.2, 0.25) is 0 Å². The van der Waals surface area contributed by atoms with Gasteiger partial charge in [0, 0.05) is 6.04 Å². The molecule has 14 heavy (non-hydrogen) atoms. The quantitative estimate of drug-likeness (QED) is 0.626. The fourth-order valence-electron chi connectivity index (χ4n) is 2.03. The Morgan fingerprint density at radius 3 is 2.00 bits per heavy atom. The van der Waals surface area contributed by atoms with Crippen molar-refractivity contribution in [2.75, 3.05) is 6.54 Å². The molecule has 0 aliphatic heterocycles. The first-order valence-corrected chi connectivity index (χ1v) is 6.35. The molecule has 2 unspecified atom stereocenters. The Morgan fingerprint density at radius 1 is 0.929 bits per heavy atom. The lowest BCUT2D eigenvalue weighted by atomic mass is 9.92. The Labute approximate surface area is 90.7 Å². The average Bonchev–Trinajstić information content (AvgIpc) is 2.12. The summed E-state index contributed by atoms with van der Waals surface area (Å²) in [5, 5.41) is 3.58. The van der Waals surface area contributed by atoms with Gasteiger partial charge in [0.15, 0.2) is 0 Å². The molecule has 2 atom stereocenters. The van der Waals surface area contributed by atoms with Crippen LogP contribution >= 0.6 is 0 Å². The van der Waals surface area contributed by atoms with Gasteiger partial charge in [0.05, 0.1) is 0 Å². The number of rotatable bonds is 8. The highest BCUT2D eigenvalue weighted by Crippen LogP contribution is 2.16. The molecule has 0 aromatic carbocycles. The third kappa shape index (κ3) is 6.42. The van der Waals surface area contributed by atoms with Crippen LogP contribution in [-0.4, -0.2) is 12.6 Å². The summed E-state index contributed by atoms with van der Waals surface area (Å²) in [6.45, 7) is 12.6. The minimum atomic E-state index is 0.722. The van der Waals surface area contributed by atoms with Crippen molar-refractivity contribution in [2.24, 2.45) is 11.8 Å². The standard InChI is InChI=1S/C13H29N/c1-6-8-12(5)9-10-13(11(3)4)14-7-2/h11-14H,6-10H2,1-5H3. The van der Waals surface area contributed by atoms with Gasteiger partial charge in [-0.1, -0.05) is 47.5 Å². The molecule has 0 heterocycles. The molecule has 86 valence electrons.